The Hall–Kier alpha value is -0.650. The minimum Gasteiger partial charge on any atom is -0.337 e. The van der Waals surface area contributed by atoms with Crippen molar-refractivity contribution in [2.45, 2.75) is 31.3 Å². The third-order valence-electron chi connectivity index (χ3n) is 3.92. The van der Waals surface area contributed by atoms with E-state index >= 15 is 0 Å². The Morgan fingerprint density at radius 2 is 2.00 bits per heavy atom. The van der Waals surface area contributed by atoms with Crippen molar-refractivity contribution in [1.82, 2.24) is 10.2 Å². The van der Waals surface area contributed by atoms with Crippen molar-refractivity contribution in [2.75, 3.05) is 13.1 Å². The zero-order valence-corrected chi connectivity index (χ0v) is 13.3. The maximum atomic E-state index is 13.4. The SMILES string of the molecule is Cl.O=C(c1cc(F)cc(Br)c1)N1CCC2CCC(C1)N2. The predicted molar refractivity (Wildman–Crippen MR) is 81.8 cm³/mol. The number of fused-ring (bicyclic) bond motifs is 2. The summed E-state index contributed by atoms with van der Waals surface area (Å²) in [7, 11) is 0. The molecule has 0 saturated carbocycles. The molecule has 3 rings (SSSR count). The summed E-state index contributed by atoms with van der Waals surface area (Å²) in [6.45, 7) is 1.48. The highest BCUT2D eigenvalue weighted by Crippen LogP contribution is 2.22. The fourth-order valence-electron chi connectivity index (χ4n) is 2.99. The predicted octanol–water partition coefficient (Wildman–Crippen LogP) is 2.98. The molecule has 2 heterocycles. The van der Waals surface area contributed by atoms with E-state index in [-0.39, 0.29) is 24.1 Å². The molecule has 2 atom stereocenters. The standard InChI is InChI=1S/C14H16BrFN2O.ClH/c15-10-5-9(6-11(16)7-10)14(19)18-4-3-12-1-2-13(8-18)17-12;/h5-7,12-13,17H,1-4,8H2;1H. The van der Waals surface area contributed by atoms with Gasteiger partial charge in [0.2, 0.25) is 0 Å². The number of carbonyl (C=O) groups excluding carboxylic acids is 1. The van der Waals surface area contributed by atoms with Crippen LogP contribution < -0.4 is 5.32 Å². The second-order valence-corrected chi connectivity index (χ2v) is 6.25. The maximum Gasteiger partial charge on any atom is 0.254 e. The molecule has 0 aliphatic carbocycles. The van der Waals surface area contributed by atoms with Crippen LogP contribution in [0.25, 0.3) is 0 Å². The Bertz CT molecular complexity index is 494. The molecule has 1 aromatic rings. The summed E-state index contributed by atoms with van der Waals surface area (Å²) in [5, 5.41) is 3.53. The Labute approximate surface area is 132 Å². The van der Waals surface area contributed by atoms with E-state index in [2.05, 4.69) is 21.2 Å². The summed E-state index contributed by atoms with van der Waals surface area (Å²) in [5.41, 5.74) is 0.421. The van der Waals surface area contributed by atoms with E-state index in [1.807, 2.05) is 4.90 Å². The van der Waals surface area contributed by atoms with Crippen LogP contribution in [0.3, 0.4) is 0 Å². The van der Waals surface area contributed by atoms with Gasteiger partial charge in [-0.15, -0.1) is 12.4 Å². The number of rotatable bonds is 1. The first-order chi connectivity index (χ1) is 9.11. The van der Waals surface area contributed by atoms with Gasteiger partial charge in [-0.25, -0.2) is 4.39 Å². The van der Waals surface area contributed by atoms with Gasteiger partial charge in [0.15, 0.2) is 0 Å². The number of amides is 1. The van der Waals surface area contributed by atoms with Crippen molar-refractivity contribution >= 4 is 34.2 Å². The van der Waals surface area contributed by atoms with E-state index in [1.165, 1.54) is 18.6 Å². The molecule has 1 amide bonds. The summed E-state index contributed by atoms with van der Waals surface area (Å²) in [6, 6.07) is 5.30. The quantitative estimate of drug-likeness (QED) is 0.832. The lowest BCUT2D eigenvalue weighted by Gasteiger charge is -2.24. The minimum atomic E-state index is -0.382. The monoisotopic (exact) mass is 362 g/mol. The number of likely N-dealkylation sites (tertiary alicyclic amines) is 1. The fraction of sp³-hybridized carbons (Fsp3) is 0.500. The lowest BCUT2D eigenvalue weighted by Crippen LogP contribution is -2.39. The van der Waals surface area contributed by atoms with E-state index < -0.39 is 0 Å². The van der Waals surface area contributed by atoms with Gasteiger partial charge in [0.1, 0.15) is 5.82 Å². The highest BCUT2D eigenvalue weighted by Gasteiger charge is 2.31. The summed E-state index contributed by atoms with van der Waals surface area (Å²) >= 11 is 3.23. The highest BCUT2D eigenvalue weighted by molar-refractivity contribution is 9.10. The van der Waals surface area contributed by atoms with Gasteiger partial charge in [-0.05, 0) is 37.5 Å². The van der Waals surface area contributed by atoms with E-state index in [0.29, 0.717) is 22.1 Å². The van der Waals surface area contributed by atoms with Crippen molar-refractivity contribution in [1.29, 1.82) is 0 Å². The van der Waals surface area contributed by atoms with E-state index in [9.17, 15) is 9.18 Å². The summed E-state index contributed by atoms with van der Waals surface area (Å²) in [4.78, 5) is 14.3. The van der Waals surface area contributed by atoms with Gasteiger partial charge in [0, 0.05) is 35.2 Å². The van der Waals surface area contributed by atoms with Crippen molar-refractivity contribution in [3.63, 3.8) is 0 Å². The van der Waals surface area contributed by atoms with Crippen molar-refractivity contribution < 1.29 is 9.18 Å². The molecule has 2 unspecified atom stereocenters. The summed E-state index contributed by atoms with van der Waals surface area (Å²) < 4.78 is 14.0. The second kappa shape index (κ2) is 6.41. The van der Waals surface area contributed by atoms with E-state index in [4.69, 9.17) is 0 Å². The van der Waals surface area contributed by atoms with Crippen LogP contribution in [0.1, 0.15) is 29.6 Å². The normalized spacial score (nSPS) is 25.0. The molecule has 2 fully saturated rings. The number of halogens is 3. The van der Waals surface area contributed by atoms with Crippen LogP contribution in [-0.4, -0.2) is 36.0 Å². The Morgan fingerprint density at radius 3 is 2.75 bits per heavy atom. The third kappa shape index (κ3) is 3.32. The van der Waals surface area contributed by atoms with Gasteiger partial charge in [0.25, 0.3) is 5.91 Å². The molecule has 2 saturated heterocycles. The highest BCUT2D eigenvalue weighted by atomic mass is 79.9. The Kier molecular flexibility index (Phi) is 5.04. The number of carbonyl (C=O) groups is 1. The van der Waals surface area contributed by atoms with E-state index in [1.54, 1.807) is 6.07 Å². The summed E-state index contributed by atoms with van der Waals surface area (Å²) in [5.74, 6) is -0.457. The van der Waals surface area contributed by atoms with Crippen LogP contribution in [0.4, 0.5) is 4.39 Å². The second-order valence-electron chi connectivity index (χ2n) is 5.34. The number of benzene rings is 1. The van der Waals surface area contributed by atoms with Crippen molar-refractivity contribution in [2.24, 2.45) is 0 Å². The number of nitrogens with zero attached hydrogens (tertiary/aromatic N) is 1. The molecule has 1 aromatic carbocycles. The van der Waals surface area contributed by atoms with Crippen LogP contribution in [0.2, 0.25) is 0 Å². The molecule has 2 aliphatic rings. The lowest BCUT2D eigenvalue weighted by molar-refractivity contribution is 0.0747. The average molecular weight is 364 g/mol. The fourth-order valence-corrected chi connectivity index (χ4v) is 3.45. The molecule has 3 nitrogen and oxygen atoms in total. The number of nitrogens with one attached hydrogen (secondary N) is 1. The van der Waals surface area contributed by atoms with Crippen LogP contribution >= 0.6 is 28.3 Å². The average Bonchev–Trinajstić information content (AvgIpc) is 2.67. The summed E-state index contributed by atoms with van der Waals surface area (Å²) in [6.07, 6.45) is 3.32. The van der Waals surface area contributed by atoms with Crippen LogP contribution in [0.15, 0.2) is 22.7 Å². The van der Waals surface area contributed by atoms with Crippen molar-refractivity contribution in [3.05, 3.63) is 34.1 Å². The Balaban J connectivity index is 0.00000147. The zero-order chi connectivity index (χ0) is 13.4. The van der Waals surface area contributed by atoms with Gasteiger partial charge in [-0.1, -0.05) is 15.9 Å². The first-order valence-electron chi connectivity index (χ1n) is 6.63. The molecule has 0 radical (unpaired) electrons. The maximum absolute atomic E-state index is 13.4. The molecule has 6 heteroatoms. The van der Waals surface area contributed by atoms with Gasteiger partial charge in [-0.3, -0.25) is 4.79 Å². The minimum absolute atomic E-state index is 0. The number of hydrogen-bond acceptors (Lipinski definition) is 2. The molecule has 20 heavy (non-hydrogen) atoms. The van der Waals surface area contributed by atoms with Crippen molar-refractivity contribution in [3.8, 4) is 0 Å². The van der Waals surface area contributed by atoms with Gasteiger partial charge in [-0.2, -0.15) is 0 Å². The van der Waals surface area contributed by atoms with Crippen LogP contribution in [0.5, 0.6) is 0 Å². The van der Waals surface area contributed by atoms with Gasteiger partial charge < -0.3 is 10.2 Å². The van der Waals surface area contributed by atoms with Gasteiger partial charge >= 0.3 is 0 Å². The molecular formula is C14H17BrClFN2O. The third-order valence-corrected chi connectivity index (χ3v) is 4.38. The first-order valence-corrected chi connectivity index (χ1v) is 7.42. The molecule has 0 aromatic heterocycles. The topological polar surface area (TPSA) is 32.3 Å². The molecular weight excluding hydrogens is 347 g/mol. The molecule has 2 aliphatic heterocycles. The molecule has 110 valence electrons. The Morgan fingerprint density at radius 1 is 1.25 bits per heavy atom. The largest absolute Gasteiger partial charge is 0.337 e. The number of hydrogen-bond donors (Lipinski definition) is 1. The van der Waals surface area contributed by atoms with Gasteiger partial charge in [0.05, 0.1) is 0 Å². The molecule has 2 bridgehead atoms. The molecule has 0 spiro atoms. The molecule has 1 N–H and O–H groups in total. The first kappa shape index (κ1) is 15.7. The van der Waals surface area contributed by atoms with Crippen LogP contribution in [0, 0.1) is 5.82 Å². The lowest BCUT2D eigenvalue weighted by atomic mass is 10.1. The van der Waals surface area contributed by atoms with E-state index in [0.717, 1.165) is 25.9 Å². The zero-order valence-electron chi connectivity index (χ0n) is 10.9. The smallest absolute Gasteiger partial charge is 0.254 e. The van der Waals surface area contributed by atoms with Crippen LogP contribution in [-0.2, 0) is 0 Å².